The molecule has 0 saturated carbocycles. The Kier molecular flexibility index (Phi) is 3.83. The van der Waals surface area contributed by atoms with Gasteiger partial charge in [-0.25, -0.2) is 0 Å². The first-order chi connectivity index (χ1) is 8.20. The summed E-state index contributed by atoms with van der Waals surface area (Å²) in [6.45, 7) is 4.05. The first kappa shape index (κ1) is 12.2. The van der Waals surface area contributed by atoms with E-state index in [0.29, 0.717) is 0 Å². The van der Waals surface area contributed by atoms with Crippen LogP contribution >= 0.6 is 11.5 Å². The molecule has 1 heterocycles. The van der Waals surface area contributed by atoms with E-state index >= 15 is 0 Å². The normalized spacial score (nSPS) is 12.6. The van der Waals surface area contributed by atoms with Gasteiger partial charge in [-0.15, -0.1) is 5.10 Å². The number of hydrogen-bond donors (Lipinski definition) is 2. The predicted octanol–water partition coefficient (Wildman–Crippen LogP) is 1.90. The lowest BCUT2D eigenvalue weighted by atomic mass is 10.0. The lowest BCUT2D eigenvalue weighted by molar-refractivity contribution is 0.557. The second-order valence-electron chi connectivity index (χ2n) is 4.14. The monoisotopic (exact) mass is 248 g/mol. The molecular weight excluding hydrogens is 232 g/mol. The van der Waals surface area contributed by atoms with Crippen molar-refractivity contribution in [3.8, 4) is 0 Å². The summed E-state index contributed by atoms with van der Waals surface area (Å²) >= 11 is 1.40. The van der Waals surface area contributed by atoms with Crippen LogP contribution in [-0.2, 0) is 6.42 Å². The van der Waals surface area contributed by atoms with Gasteiger partial charge >= 0.3 is 0 Å². The van der Waals surface area contributed by atoms with Gasteiger partial charge in [-0.05, 0) is 37.4 Å². The van der Waals surface area contributed by atoms with Crippen LogP contribution in [0.4, 0.5) is 0 Å². The second-order valence-corrected chi connectivity index (χ2v) is 4.92. The number of benzene rings is 1. The third-order valence-electron chi connectivity index (χ3n) is 2.73. The molecule has 1 aromatic heterocycles. The van der Waals surface area contributed by atoms with Gasteiger partial charge in [-0.3, -0.25) is 11.3 Å². The average Bonchev–Trinajstić information content (AvgIpc) is 2.72. The largest absolute Gasteiger partial charge is 0.271 e. The van der Waals surface area contributed by atoms with Crippen LogP contribution in [0.25, 0.3) is 0 Å². The number of aryl methyl sites for hydroxylation is 2. The van der Waals surface area contributed by atoms with Crippen molar-refractivity contribution in [1.29, 1.82) is 0 Å². The van der Waals surface area contributed by atoms with Crippen molar-refractivity contribution < 1.29 is 0 Å². The lowest BCUT2D eigenvalue weighted by Gasteiger charge is -2.14. The number of aromatic nitrogens is 2. The van der Waals surface area contributed by atoms with Crippen molar-refractivity contribution >= 4 is 11.5 Å². The number of nitrogens with zero attached hydrogens (tertiary/aromatic N) is 2. The Balaban J connectivity index is 2.19. The van der Waals surface area contributed by atoms with Crippen molar-refractivity contribution in [3.63, 3.8) is 0 Å². The third kappa shape index (κ3) is 2.88. The fraction of sp³-hybridized carbons (Fsp3) is 0.333. The molecule has 17 heavy (non-hydrogen) atoms. The molecule has 2 aromatic rings. The quantitative estimate of drug-likeness (QED) is 0.641. The molecule has 0 amide bonds. The van der Waals surface area contributed by atoms with E-state index in [1.807, 2.05) is 6.92 Å². The summed E-state index contributed by atoms with van der Waals surface area (Å²) in [5.41, 5.74) is 6.32. The molecule has 0 saturated heterocycles. The van der Waals surface area contributed by atoms with E-state index in [9.17, 15) is 0 Å². The maximum atomic E-state index is 5.62. The lowest BCUT2D eigenvalue weighted by Crippen LogP contribution is -2.29. The molecule has 90 valence electrons. The molecular formula is C12H16N4S. The molecule has 5 heteroatoms. The zero-order valence-corrected chi connectivity index (χ0v) is 10.8. The molecule has 0 fully saturated rings. The number of nitrogens with two attached hydrogens (primary N) is 1. The molecule has 4 nitrogen and oxygen atoms in total. The smallest absolute Gasteiger partial charge is 0.0773 e. The number of hydrogen-bond acceptors (Lipinski definition) is 5. The van der Waals surface area contributed by atoms with Gasteiger partial charge in [0, 0.05) is 0 Å². The van der Waals surface area contributed by atoms with Crippen LogP contribution in [-0.4, -0.2) is 9.59 Å². The first-order valence-corrected chi connectivity index (χ1v) is 6.28. The molecule has 0 aliphatic heterocycles. The Hall–Kier alpha value is -1.30. The van der Waals surface area contributed by atoms with Gasteiger partial charge in [0.25, 0.3) is 0 Å². The SMILES string of the molecule is Cc1cccc(CC(NN)c2snnc2C)c1. The zero-order valence-electron chi connectivity index (χ0n) is 9.97. The Morgan fingerprint density at radius 3 is 2.82 bits per heavy atom. The Bertz CT molecular complexity index is 495. The number of nitrogens with one attached hydrogen (secondary N) is 1. The summed E-state index contributed by atoms with van der Waals surface area (Å²) < 4.78 is 3.95. The predicted molar refractivity (Wildman–Crippen MR) is 69.6 cm³/mol. The van der Waals surface area contributed by atoms with Gasteiger partial charge in [0.1, 0.15) is 0 Å². The molecule has 0 bridgehead atoms. The summed E-state index contributed by atoms with van der Waals surface area (Å²) in [7, 11) is 0. The van der Waals surface area contributed by atoms with Crippen LogP contribution in [0.3, 0.4) is 0 Å². The second kappa shape index (κ2) is 5.35. The van der Waals surface area contributed by atoms with E-state index in [4.69, 9.17) is 5.84 Å². The molecule has 1 unspecified atom stereocenters. The highest BCUT2D eigenvalue weighted by Crippen LogP contribution is 2.23. The molecule has 0 aliphatic rings. The minimum Gasteiger partial charge on any atom is -0.271 e. The van der Waals surface area contributed by atoms with Gasteiger partial charge in [0.2, 0.25) is 0 Å². The van der Waals surface area contributed by atoms with Crippen LogP contribution in [0.2, 0.25) is 0 Å². The van der Waals surface area contributed by atoms with Gasteiger partial charge in [-0.1, -0.05) is 34.3 Å². The highest BCUT2D eigenvalue weighted by Gasteiger charge is 2.16. The minimum absolute atomic E-state index is 0.0804. The molecule has 2 rings (SSSR count). The van der Waals surface area contributed by atoms with E-state index < -0.39 is 0 Å². The van der Waals surface area contributed by atoms with Crippen molar-refractivity contribution in [2.45, 2.75) is 26.3 Å². The van der Waals surface area contributed by atoms with Crippen molar-refractivity contribution in [3.05, 3.63) is 46.0 Å². The van der Waals surface area contributed by atoms with Crippen LogP contribution in [0, 0.1) is 13.8 Å². The summed E-state index contributed by atoms with van der Waals surface area (Å²) in [6.07, 6.45) is 0.850. The average molecular weight is 248 g/mol. The standard InChI is InChI=1S/C12H16N4S/c1-8-4-3-5-10(6-8)7-11(14-13)12-9(2)15-16-17-12/h3-6,11,14H,7,13H2,1-2H3. The maximum Gasteiger partial charge on any atom is 0.0773 e. The third-order valence-corrected chi connectivity index (χ3v) is 3.67. The van der Waals surface area contributed by atoms with Gasteiger partial charge in [0.15, 0.2) is 0 Å². The minimum atomic E-state index is 0.0804. The highest BCUT2D eigenvalue weighted by molar-refractivity contribution is 7.05. The van der Waals surface area contributed by atoms with Crippen LogP contribution in [0.1, 0.15) is 27.7 Å². The topological polar surface area (TPSA) is 63.8 Å². The van der Waals surface area contributed by atoms with E-state index in [-0.39, 0.29) is 6.04 Å². The van der Waals surface area contributed by atoms with Crippen molar-refractivity contribution in [2.24, 2.45) is 5.84 Å². The van der Waals surface area contributed by atoms with Gasteiger partial charge < -0.3 is 0 Å². The fourth-order valence-electron chi connectivity index (χ4n) is 1.86. The van der Waals surface area contributed by atoms with E-state index in [2.05, 4.69) is 46.2 Å². The number of hydrazine groups is 1. The maximum absolute atomic E-state index is 5.62. The zero-order chi connectivity index (χ0) is 12.3. The summed E-state index contributed by atoms with van der Waals surface area (Å²) in [6, 6.07) is 8.52. The molecule has 0 aliphatic carbocycles. The molecule has 0 radical (unpaired) electrons. The van der Waals surface area contributed by atoms with E-state index in [1.54, 1.807) is 0 Å². The highest BCUT2D eigenvalue weighted by atomic mass is 32.1. The molecule has 1 aromatic carbocycles. The van der Waals surface area contributed by atoms with Gasteiger partial charge in [-0.2, -0.15) is 0 Å². The molecule has 0 spiro atoms. The van der Waals surface area contributed by atoms with Crippen molar-refractivity contribution in [1.82, 2.24) is 15.0 Å². The molecule has 3 N–H and O–H groups in total. The fourth-order valence-corrected chi connectivity index (χ4v) is 2.56. The Morgan fingerprint density at radius 1 is 1.41 bits per heavy atom. The van der Waals surface area contributed by atoms with E-state index in [1.165, 1.54) is 22.7 Å². The number of rotatable bonds is 4. The van der Waals surface area contributed by atoms with E-state index in [0.717, 1.165) is 17.0 Å². The summed E-state index contributed by atoms with van der Waals surface area (Å²) in [5, 5.41) is 4.02. The Morgan fingerprint density at radius 2 is 2.24 bits per heavy atom. The van der Waals surface area contributed by atoms with Crippen LogP contribution in [0.5, 0.6) is 0 Å². The first-order valence-electron chi connectivity index (χ1n) is 5.51. The Labute approximate surface area is 105 Å². The van der Waals surface area contributed by atoms with Crippen LogP contribution in [0.15, 0.2) is 24.3 Å². The van der Waals surface area contributed by atoms with Crippen LogP contribution < -0.4 is 11.3 Å². The summed E-state index contributed by atoms with van der Waals surface area (Å²) in [5.74, 6) is 5.62. The van der Waals surface area contributed by atoms with Crippen molar-refractivity contribution in [2.75, 3.05) is 0 Å². The molecule has 1 atom stereocenters. The van der Waals surface area contributed by atoms with Gasteiger partial charge in [0.05, 0.1) is 16.6 Å². The summed E-state index contributed by atoms with van der Waals surface area (Å²) in [4.78, 5) is 1.11.